The Morgan fingerprint density at radius 2 is 2.06 bits per heavy atom. The lowest BCUT2D eigenvalue weighted by molar-refractivity contribution is -0.387. The van der Waals surface area contributed by atoms with Gasteiger partial charge in [-0.1, -0.05) is 0 Å². The third-order valence-corrected chi connectivity index (χ3v) is 1.84. The molecule has 0 aliphatic heterocycles. The molecule has 0 aromatic heterocycles. The van der Waals surface area contributed by atoms with Gasteiger partial charge in [-0.25, -0.2) is 0 Å². The maximum absolute atomic E-state index is 13.1. The second kappa shape index (κ2) is 4.81. The number of ketones is 1. The summed E-state index contributed by atoms with van der Waals surface area (Å²) in [4.78, 5) is 20.4. The number of alkyl halides is 2. The number of nitro benzene ring substituents is 1. The summed E-state index contributed by atoms with van der Waals surface area (Å²) >= 11 is 0. The minimum atomic E-state index is -3.26. The molecule has 0 saturated carbocycles. The molecule has 0 radical (unpaired) electrons. The first-order chi connectivity index (χ1) is 7.82. The Kier molecular flexibility index (Phi) is 3.66. The van der Waals surface area contributed by atoms with Crippen molar-refractivity contribution in [2.45, 2.75) is 13.5 Å². The van der Waals surface area contributed by atoms with Crippen molar-refractivity contribution in [2.75, 3.05) is 0 Å². The summed E-state index contributed by atoms with van der Waals surface area (Å²) in [5.74, 6) is -2.82. The van der Waals surface area contributed by atoms with E-state index in [1.807, 2.05) is 0 Å². The first kappa shape index (κ1) is 12.9. The van der Waals surface area contributed by atoms with Gasteiger partial charge < -0.3 is 4.74 Å². The van der Waals surface area contributed by atoms with Crippen LogP contribution in [0, 0.1) is 15.9 Å². The molecule has 0 spiro atoms. The molecular weight excluding hydrogens is 243 g/mol. The second-order valence-corrected chi connectivity index (χ2v) is 2.99. The highest BCUT2D eigenvalue weighted by atomic mass is 19.3. The smallest absolute Gasteiger partial charge is 0.387 e. The summed E-state index contributed by atoms with van der Waals surface area (Å²) in [6.07, 6.45) is 0. The van der Waals surface area contributed by atoms with Gasteiger partial charge in [0.2, 0.25) is 5.82 Å². The zero-order valence-electron chi connectivity index (χ0n) is 8.45. The fourth-order valence-corrected chi connectivity index (χ4v) is 1.15. The van der Waals surface area contributed by atoms with Gasteiger partial charge in [-0.05, 0) is 6.92 Å². The molecular formula is C9H6F3NO4. The maximum Gasteiger partial charge on any atom is 0.387 e. The normalized spacial score (nSPS) is 10.4. The number of nitro groups is 1. The van der Waals surface area contributed by atoms with E-state index in [2.05, 4.69) is 4.74 Å². The van der Waals surface area contributed by atoms with E-state index >= 15 is 0 Å². The number of rotatable bonds is 4. The molecule has 17 heavy (non-hydrogen) atoms. The Bertz CT molecular complexity index is 476. The van der Waals surface area contributed by atoms with Crippen LogP contribution >= 0.6 is 0 Å². The third-order valence-electron chi connectivity index (χ3n) is 1.84. The molecule has 0 heterocycles. The predicted molar refractivity (Wildman–Crippen MR) is 49.7 cm³/mol. The largest absolute Gasteiger partial charge is 0.434 e. The molecule has 0 unspecified atom stereocenters. The summed E-state index contributed by atoms with van der Waals surface area (Å²) in [6, 6.07) is 0.955. The van der Waals surface area contributed by atoms with E-state index in [0.717, 1.165) is 6.92 Å². The molecule has 5 nitrogen and oxygen atoms in total. The molecule has 92 valence electrons. The maximum atomic E-state index is 13.1. The number of Topliss-reactive ketones (excluding diaryl/α,β-unsaturated/α-hetero) is 1. The minimum absolute atomic E-state index is 0.390. The first-order valence-electron chi connectivity index (χ1n) is 4.26. The van der Waals surface area contributed by atoms with Crippen molar-refractivity contribution in [1.82, 2.24) is 0 Å². The van der Waals surface area contributed by atoms with E-state index in [-0.39, 0.29) is 0 Å². The quantitative estimate of drug-likeness (QED) is 0.467. The van der Waals surface area contributed by atoms with Gasteiger partial charge in [-0.15, -0.1) is 0 Å². The number of hydrogen-bond acceptors (Lipinski definition) is 4. The molecule has 0 saturated heterocycles. The van der Waals surface area contributed by atoms with Gasteiger partial charge in [-0.3, -0.25) is 14.9 Å². The van der Waals surface area contributed by atoms with Gasteiger partial charge in [0.05, 0.1) is 10.5 Å². The van der Waals surface area contributed by atoms with Gasteiger partial charge in [0, 0.05) is 12.1 Å². The van der Waals surface area contributed by atoms with Crippen molar-refractivity contribution in [3.05, 3.63) is 33.6 Å². The fraction of sp³-hybridized carbons (Fsp3) is 0.222. The van der Waals surface area contributed by atoms with Crippen molar-refractivity contribution >= 4 is 11.5 Å². The zero-order valence-corrected chi connectivity index (χ0v) is 8.45. The van der Waals surface area contributed by atoms with Crippen LogP contribution in [0.3, 0.4) is 0 Å². The van der Waals surface area contributed by atoms with Crippen molar-refractivity contribution in [1.29, 1.82) is 0 Å². The zero-order chi connectivity index (χ0) is 13.2. The second-order valence-electron chi connectivity index (χ2n) is 2.99. The van der Waals surface area contributed by atoms with E-state index in [1.54, 1.807) is 0 Å². The van der Waals surface area contributed by atoms with Crippen LogP contribution in [0.5, 0.6) is 5.75 Å². The molecule has 1 aromatic carbocycles. The monoisotopic (exact) mass is 249 g/mol. The molecule has 0 atom stereocenters. The first-order valence-corrected chi connectivity index (χ1v) is 4.26. The summed E-state index contributed by atoms with van der Waals surface area (Å²) in [6.45, 7) is -2.26. The molecule has 1 rings (SSSR count). The molecule has 0 fully saturated rings. The van der Waals surface area contributed by atoms with Gasteiger partial charge >= 0.3 is 12.3 Å². The average Bonchev–Trinajstić information content (AvgIpc) is 2.15. The third kappa shape index (κ3) is 2.92. The molecule has 0 N–H and O–H groups in total. The number of carbonyl (C=O) groups is 1. The highest BCUT2D eigenvalue weighted by Gasteiger charge is 2.22. The van der Waals surface area contributed by atoms with Crippen molar-refractivity contribution in [3.63, 3.8) is 0 Å². The van der Waals surface area contributed by atoms with Crippen LogP contribution in [0.25, 0.3) is 0 Å². The standard InChI is InChI=1S/C9H6F3NO4/c1-4(14)5-2-7(13(15)16)6(10)3-8(5)17-9(11)12/h2-3,9H,1H3. The van der Waals surface area contributed by atoms with E-state index in [4.69, 9.17) is 0 Å². The highest BCUT2D eigenvalue weighted by molar-refractivity contribution is 5.97. The van der Waals surface area contributed by atoms with Crippen LogP contribution in [0.15, 0.2) is 12.1 Å². The molecule has 0 aliphatic carbocycles. The molecule has 0 bridgehead atoms. The Morgan fingerprint density at radius 3 is 2.47 bits per heavy atom. The van der Waals surface area contributed by atoms with Crippen LogP contribution < -0.4 is 4.74 Å². The average molecular weight is 249 g/mol. The Hall–Kier alpha value is -2.12. The lowest BCUT2D eigenvalue weighted by Crippen LogP contribution is -2.08. The topological polar surface area (TPSA) is 69.4 Å². The van der Waals surface area contributed by atoms with Gasteiger partial charge in [0.1, 0.15) is 5.75 Å². The van der Waals surface area contributed by atoms with Gasteiger partial charge in [0.15, 0.2) is 5.78 Å². The summed E-state index contributed by atoms with van der Waals surface area (Å²) in [7, 11) is 0. The number of hydrogen-bond donors (Lipinski definition) is 0. The number of nitrogens with zero attached hydrogens (tertiary/aromatic N) is 1. The molecule has 1 aromatic rings. The van der Waals surface area contributed by atoms with Gasteiger partial charge in [0.25, 0.3) is 0 Å². The molecule has 8 heteroatoms. The number of carbonyl (C=O) groups excluding carboxylic acids is 1. The van der Waals surface area contributed by atoms with Crippen molar-refractivity contribution in [2.24, 2.45) is 0 Å². The lowest BCUT2D eigenvalue weighted by Gasteiger charge is -2.08. The van der Waals surface area contributed by atoms with Crippen LogP contribution in [-0.2, 0) is 0 Å². The summed E-state index contributed by atoms with van der Waals surface area (Å²) in [5.41, 5.74) is -1.45. The van der Waals surface area contributed by atoms with Crippen LogP contribution in [0.4, 0.5) is 18.9 Å². The summed E-state index contributed by atoms with van der Waals surface area (Å²) in [5, 5.41) is 10.4. The van der Waals surface area contributed by atoms with Crippen LogP contribution in [-0.4, -0.2) is 17.3 Å². The number of benzene rings is 1. The number of ether oxygens (including phenoxy) is 1. The Labute approximate surface area is 93.0 Å². The predicted octanol–water partition coefficient (Wildman–Crippen LogP) is 2.54. The Morgan fingerprint density at radius 1 is 1.47 bits per heavy atom. The van der Waals surface area contributed by atoms with E-state index in [0.29, 0.717) is 12.1 Å². The lowest BCUT2D eigenvalue weighted by atomic mass is 10.1. The number of halogens is 3. The van der Waals surface area contributed by atoms with E-state index in [9.17, 15) is 28.1 Å². The van der Waals surface area contributed by atoms with Crippen LogP contribution in [0.1, 0.15) is 17.3 Å². The fourth-order valence-electron chi connectivity index (χ4n) is 1.15. The van der Waals surface area contributed by atoms with Crippen molar-refractivity contribution < 1.29 is 27.6 Å². The highest BCUT2D eigenvalue weighted by Crippen LogP contribution is 2.29. The SMILES string of the molecule is CC(=O)c1cc([N+](=O)[O-])c(F)cc1OC(F)F. The van der Waals surface area contributed by atoms with E-state index < -0.39 is 40.1 Å². The van der Waals surface area contributed by atoms with Gasteiger partial charge in [-0.2, -0.15) is 13.2 Å². The summed E-state index contributed by atoms with van der Waals surface area (Å²) < 4.78 is 41.0. The minimum Gasteiger partial charge on any atom is -0.434 e. The van der Waals surface area contributed by atoms with Crippen LogP contribution in [0.2, 0.25) is 0 Å². The molecule has 0 aliphatic rings. The molecule has 0 amide bonds. The van der Waals surface area contributed by atoms with Crippen molar-refractivity contribution in [3.8, 4) is 5.75 Å². The van der Waals surface area contributed by atoms with E-state index in [1.165, 1.54) is 0 Å². The Balaban J connectivity index is 3.35.